The maximum Gasteiger partial charge on any atom is 0.243 e. The maximum atomic E-state index is 13.2. The fourth-order valence-electron chi connectivity index (χ4n) is 4.65. The Morgan fingerprint density at radius 1 is 1.03 bits per heavy atom. The van der Waals surface area contributed by atoms with Crippen molar-refractivity contribution in [2.24, 2.45) is 0 Å². The van der Waals surface area contributed by atoms with E-state index in [1.807, 2.05) is 32.0 Å². The Labute approximate surface area is 205 Å². The molecule has 2 aliphatic rings. The lowest BCUT2D eigenvalue weighted by atomic mass is 10.1. The summed E-state index contributed by atoms with van der Waals surface area (Å²) in [6.45, 7) is 7.66. The van der Waals surface area contributed by atoms with Gasteiger partial charge in [-0.3, -0.25) is 19.3 Å². The van der Waals surface area contributed by atoms with Crippen LogP contribution in [0.4, 0.5) is 15.8 Å². The van der Waals surface area contributed by atoms with Crippen molar-refractivity contribution in [1.29, 1.82) is 0 Å². The van der Waals surface area contributed by atoms with Crippen LogP contribution in [-0.2, 0) is 14.4 Å². The van der Waals surface area contributed by atoms with Crippen molar-refractivity contribution in [3.8, 4) is 0 Å². The van der Waals surface area contributed by atoms with Crippen molar-refractivity contribution in [1.82, 2.24) is 15.1 Å². The number of piperazine rings is 2. The van der Waals surface area contributed by atoms with Crippen LogP contribution in [0.25, 0.3) is 0 Å². The topological polar surface area (TPSA) is 85.0 Å². The molecule has 0 saturated carbocycles. The number of nitrogens with zero attached hydrogens (tertiary/aromatic N) is 3. The summed E-state index contributed by atoms with van der Waals surface area (Å²) in [5, 5.41) is 5.65. The second-order valence-electron chi connectivity index (χ2n) is 9.20. The monoisotopic (exact) mass is 481 g/mol. The normalized spacial score (nSPS) is 18.8. The van der Waals surface area contributed by atoms with Crippen LogP contribution in [-0.4, -0.2) is 79.4 Å². The van der Waals surface area contributed by atoms with Gasteiger partial charge in [0, 0.05) is 50.6 Å². The average molecular weight is 482 g/mol. The molecular weight excluding hydrogens is 449 g/mol. The first-order valence-corrected chi connectivity index (χ1v) is 12.0. The molecule has 0 unspecified atom stereocenters. The molecule has 0 aliphatic carbocycles. The molecule has 1 atom stereocenters. The van der Waals surface area contributed by atoms with Crippen LogP contribution in [0.3, 0.4) is 0 Å². The van der Waals surface area contributed by atoms with E-state index in [0.29, 0.717) is 31.9 Å². The fourth-order valence-corrected chi connectivity index (χ4v) is 4.65. The van der Waals surface area contributed by atoms with Crippen LogP contribution in [0.15, 0.2) is 42.5 Å². The van der Waals surface area contributed by atoms with Crippen LogP contribution in [0.1, 0.15) is 17.5 Å². The zero-order valence-electron chi connectivity index (χ0n) is 20.2. The zero-order valence-corrected chi connectivity index (χ0v) is 20.2. The molecule has 2 heterocycles. The van der Waals surface area contributed by atoms with Gasteiger partial charge in [-0.05, 0) is 49.7 Å². The van der Waals surface area contributed by atoms with E-state index in [4.69, 9.17) is 0 Å². The van der Waals surface area contributed by atoms with Crippen LogP contribution >= 0.6 is 0 Å². The first-order valence-electron chi connectivity index (χ1n) is 12.0. The van der Waals surface area contributed by atoms with Gasteiger partial charge in [0.2, 0.25) is 17.7 Å². The van der Waals surface area contributed by atoms with Gasteiger partial charge >= 0.3 is 0 Å². The Hall–Kier alpha value is -3.46. The summed E-state index contributed by atoms with van der Waals surface area (Å²) in [5.74, 6) is -1.02. The van der Waals surface area contributed by atoms with E-state index in [2.05, 4.69) is 20.4 Å². The SMILES string of the molecule is Cc1ccc(NC(=O)C[C@H]2C(=O)NCCN2C(=O)CN2CCN(c3ccc(F)cc3)CC2)c(C)c1. The van der Waals surface area contributed by atoms with E-state index >= 15 is 0 Å². The Morgan fingerprint density at radius 3 is 2.43 bits per heavy atom. The highest BCUT2D eigenvalue weighted by Gasteiger charge is 2.35. The lowest BCUT2D eigenvalue weighted by Gasteiger charge is -2.39. The number of rotatable bonds is 6. The fraction of sp³-hybridized carbons (Fsp3) is 0.423. The summed E-state index contributed by atoms with van der Waals surface area (Å²) in [4.78, 5) is 44.3. The molecule has 8 nitrogen and oxygen atoms in total. The van der Waals surface area contributed by atoms with E-state index in [9.17, 15) is 18.8 Å². The first-order chi connectivity index (χ1) is 16.8. The van der Waals surface area contributed by atoms with E-state index in [1.54, 1.807) is 12.1 Å². The van der Waals surface area contributed by atoms with Crippen molar-refractivity contribution >= 4 is 29.1 Å². The second-order valence-corrected chi connectivity index (χ2v) is 9.20. The van der Waals surface area contributed by atoms with Crippen LogP contribution in [0, 0.1) is 19.7 Å². The highest BCUT2D eigenvalue weighted by Crippen LogP contribution is 2.19. The molecule has 0 bridgehead atoms. The van der Waals surface area contributed by atoms with E-state index < -0.39 is 6.04 Å². The molecule has 2 fully saturated rings. The van der Waals surface area contributed by atoms with Crippen molar-refractivity contribution in [3.63, 3.8) is 0 Å². The number of hydrogen-bond donors (Lipinski definition) is 2. The average Bonchev–Trinajstić information content (AvgIpc) is 2.83. The Balaban J connectivity index is 1.33. The molecule has 9 heteroatoms. The first kappa shape index (κ1) is 24.7. The summed E-state index contributed by atoms with van der Waals surface area (Å²) < 4.78 is 13.2. The molecular formula is C26H32FN5O3. The standard InChI is InChI=1S/C26H32FN5O3/c1-18-3-8-22(19(2)15-18)29-24(33)16-23-26(35)28-9-10-32(23)25(34)17-30-11-13-31(14-12-30)21-6-4-20(27)5-7-21/h3-8,15,23H,9-14,16-17H2,1-2H3,(H,28,35)(H,29,33)/t23-/m0/s1. The van der Waals surface area contributed by atoms with E-state index in [-0.39, 0.29) is 36.5 Å². The van der Waals surface area contributed by atoms with Crippen molar-refractivity contribution < 1.29 is 18.8 Å². The Kier molecular flexibility index (Phi) is 7.65. The number of anilines is 2. The summed E-state index contributed by atoms with van der Waals surface area (Å²) in [6, 6.07) is 11.3. The van der Waals surface area contributed by atoms with Gasteiger partial charge in [0.15, 0.2) is 0 Å². The van der Waals surface area contributed by atoms with E-state index in [0.717, 1.165) is 29.9 Å². The van der Waals surface area contributed by atoms with Gasteiger partial charge in [-0.2, -0.15) is 0 Å². The molecule has 3 amide bonds. The molecule has 4 rings (SSSR count). The third kappa shape index (κ3) is 6.16. The van der Waals surface area contributed by atoms with Gasteiger partial charge in [0.25, 0.3) is 0 Å². The zero-order chi connectivity index (χ0) is 24.9. The van der Waals surface area contributed by atoms with Gasteiger partial charge in [-0.1, -0.05) is 17.7 Å². The number of carbonyl (C=O) groups is 3. The van der Waals surface area contributed by atoms with Gasteiger partial charge < -0.3 is 20.4 Å². The third-order valence-corrected chi connectivity index (χ3v) is 6.61. The largest absolute Gasteiger partial charge is 0.369 e. The molecule has 0 aromatic heterocycles. The molecule has 0 radical (unpaired) electrons. The minimum atomic E-state index is -0.831. The lowest BCUT2D eigenvalue weighted by Crippen LogP contribution is -2.60. The molecule has 35 heavy (non-hydrogen) atoms. The van der Waals surface area contributed by atoms with Gasteiger partial charge in [-0.15, -0.1) is 0 Å². The number of benzene rings is 2. The number of carbonyl (C=O) groups excluding carboxylic acids is 3. The van der Waals surface area contributed by atoms with Gasteiger partial charge in [0.05, 0.1) is 13.0 Å². The minimum Gasteiger partial charge on any atom is -0.369 e. The van der Waals surface area contributed by atoms with E-state index in [1.165, 1.54) is 17.0 Å². The molecule has 2 N–H and O–H groups in total. The number of amides is 3. The predicted molar refractivity (Wildman–Crippen MR) is 133 cm³/mol. The summed E-state index contributed by atoms with van der Waals surface area (Å²) in [6.07, 6.45) is -0.0940. The Bertz CT molecular complexity index is 1080. The summed E-state index contributed by atoms with van der Waals surface area (Å²) in [5.41, 5.74) is 3.70. The van der Waals surface area contributed by atoms with Crippen LogP contribution in [0.5, 0.6) is 0 Å². The highest BCUT2D eigenvalue weighted by molar-refractivity contribution is 5.98. The molecule has 2 aromatic carbocycles. The van der Waals surface area contributed by atoms with Crippen molar-refractivity contribution in [2.75, 3.05) is 56.0 Å². The molecule has 2 saturated heterocycles. The highest BCUT2D eigenvalue weighted by atomic mass is 19.1. The summed E-state index contributed by atoms with van der Waals surface area (Å²) in [7, 11) is 0. The summed E-state index contributed by atoms with van der Waals surface area (Å²) >= 11 is 0. The minimum absolute atomic E-state index is 0.0940. The quantitative estimate of drug-likeness (QED) is 0.659. The predicted octanol–water partition coefficient (Wildman–Crippen LogP) is 1.92. The molecule has 0 spiro atoms. The molecule has 2 aliphatic heterocycles. The van der Waals surface area contributed by atoms with Gasteiger partial charge in [-0.25, -0.2) is 4.39 Å². The number of halogens is 1. The van der Waals surface area contributed by atoms with Gasteiger partial charge in [0.1, 0.15) is 11.9 Å². The molecule has 186 valence electrons. The number of aryl methyl sites for hydroxylation is 2. The van der Waals surface area contributed by atoms with Crippen LogP contribution < -0.4 is 15.5 Å². The number of hydrogen-bond acceptors (Lipinski definition) is 5. The smallest absolute Gasteiger partial charge is 0.243 e. The Morgan fingerprint density at radius 2 is 1.74 bits per heavy atom. The molecule has 2 aromatic rings. The second kappa shape index (κ2) is 10.9. The van der Waals surface area contributed by atoms with Crippen LogP contribution in [0.2, 0.25) is 0 Å². The lowest BCUT2D eigenvalue weighted by molar-refractivity contribution is -0.145. The third-order valence-electron chi connectivity index (χ3n) is 6.61. The number of nitrogens with one attached hydrogen (secondary N) is 2. The van der Waals surface area contributed by atoms with Crippen molar-refractivity contribution in [2.45, 2.75) is 26.3 Å². The van der Waals surface area contributed by atoms with Crippen molar-refractivity contribution in [3.05, 3.63) is 59.4 Å². The maximum absolute atomic E-state index is 13.2.